The van der Waals surface area contributed by atoms with Crippen LogP contribution in [-0.2, 0) is 10.0 Å². The second kappa shape index (κ2) is 12.9. The molecule has 2 heterocycles. The summed E-state index contributed by atoms with van der Waals surface area (Å²) >= 11 is 1.69. The van der Waals surface area contributed by atoms with E-state index in [-0.39, 0.29) is 34.5 Å². The van der Waals surface area contributed by atoms with Gasteiger partial charge in [-0.2, -0.15) is 0 Å². The molecule has 1 aliphatic rings. The lowest BCUT2D eigenvalue weighted by Crippen LogP contribution is -2.48. The molecular formula is C28H32ClN5O4S2. The van der Waals surface area contributed by atoms with Gasteiger partial charge in [-0.3, -0.25) is 14.4 Å². The topological polar surface area (TPSA) is 104 Å². The molecule has 3 aromatic carbocycles. The molecule has 1 amide bonds. The molecule has 0 radical (unpaired) electrons. The third-order valence-corrected chi connectivity index (χ3v) is 9.37. The zero-order valence-corrected chi connectivity index (χ0v) is 24.7. The fourth-order valence-electron chi connectivity index (χ4n) is 4.56. The molecule has 40 heavy (non-hydrogen) atoms. The number of carbonyl (C=O) groups is 1. The molecule has 0 saturated carbocycles. The first kappa shape index (κ1) is 29.6. The summed E-state index contributed by atoms with van der Waals surface area (Å²) < 4.78 is 34.7. The third kappa shape index (κ3) is 6.49. The summed E-state index contributed by atoms with van der Waals surface area (Å²) in [7, 11) is -2.14. The summed E-state index contributed by atoms with van der Waals surface area (Å²) in [6.07, 6.45) is 0. The minimum atomic E-state index is -3.80. The molecule has 1 aliphatic heterocycles. The maximum absolute atomic E-state index is 12.9. The zero-order valence-electron chi connectivity index (χ0n) is 22.3. The van der Waals surface area contributed by atoms with Crippen molar-refractivity contribution in [2.45, 2.75) is 11.8 Å². The van der Waals surface area contributed by atoms with E-state index in [1.165, 1.54) is 17.7 Å². The highest BCUT2D eigenvalue weighted by Gasteiger charge is 2.22. The Kier molecular flexibility index (Phi) is 9.52. The molecule has 0 spiro atoms. The molecule has 12 heteroatoms. The van der Waals surface area contributed by atoms with Gasteiger partial charge in [0.15, 0.2) is 5.13 Å². The molecule has 1 saturated heterocycles. The number of para-hydroxylation sites is 1. The van der Waals surface area contributed by atoms with Crippen molar-refractivity contribution >= 4 is 60.7 Å². The molecule has 1 fully saturated rings. The lowest BCUT2D eigenvalue weighted by Gasteiger charge is -2.34. The van der Waals surface area contributed by atoms with Gasteiger partial charge in [-0.25, -0.2) is 13.4 Å². The van der Waals surface area contributed by atoms with Crippen LogP contribution in [-0.4, -0.2) is 70.6 Å². The summed E-state index contributed by atoms with van der Waals surface area (Å²) in [5.41, 5.74) is 2.63. The Morgan fingerprint density at radius 1 is 1.00 bits per heavy atom. The minimum absolute atomic E-state index is 0. The number of benzene rings is 3. The Hall–Kier alpha value is -3.38. The van der Waals surface area contributed by atoms with Crippen LogP contribution in [0.4, 0.5) is 10.8 Å². The number of nitrogens with one attached hydrogen (secondary N) is 2. The van der Waals surface area contributed by atoms with Crippen LogP contribution in [0.25, 0.3) is 10.2 Å². The van der Waals surface area contributed by atoms with Gasteiger partial charge >= 0.3 is 0 Å². The maximum Gasteiger partial charge on any atom is 0.261 e. The number of rotatable bonds is 9. The first-order valence-electron chi connectivity index (χ1n) is 12.7. The number of methoxy groups -OCH3 is 1. The number of fused-ring (bicyclic) bond motifs is 1. The predicted molar refractivity (Wildman–Crippen MR) is 163 cm³/mol. The molecule has 1 aromatic heterocycles. The van der Waals surface area contributed by atoms with Crippen molar-refractivity contribution in [3.63, 3.8) is 0 Å². The number of amides is 1. The van der Waals surface area contributed by atoms with E-state index in [1.54, 1.807) is 60.9 Å². The number of sulfonamides is 1. The normalized spacial score (nSPS) is 14.0. The molecule has 212 valence electrons. The molecule has 5 rings (SSSR count). The number of hydrogen-bond donors (Lipinski definition) is 2. The quantitative estimate of drug-likeness (QED) is 0.293. The Morgan fingerprint density at radius 2 is 1.70 bits per heavy atom. The molecule has 2 N–H and O–H groups in total. The van der Waals surface area contributed by atoms with Gasteiger partial charge in [0.1, 0.15) is 11.3 Å². The Bertz CT molecular complexity index is 1570. The summed E-state index contributed by atoms with van der Waals surface area (Å²) in [6.45, 7) is 6.65. The largest absolute Gasteiger partial charge is 0.494 e. The molecule has 0 aliphatic carbocycles. The smallest absolute Gasteiger partial charge is 0.261 e. The fourth-order valence-corrected chi connectivity index (χ4v) is 6.76. The van der Waals surface area contributed by atoms with Gasteiger partial charge in [0, 0.05) is 39.3 Å². The number of halogens is 1. The van der Waals surface area contributed by atoms with E-state index >= 15 is 0 Å². The Balaban J connectivity index is 0.00000370. The van der Waals surface area contributed by atoms with Crippen molar-refractivity contribution in [1.29, 1.82) is 0 Å². The van der Waals surface area contributed by atoms with E-state index in [4.69, 9.17) is 9.72 Å². The van der Waals surface area contributed by atoms with E-state index in [9.17, 15) is 13.2 Å². The fraction of sp³-hybridized carbons (Fsp3) is 0.286. The maximum atomic E-state index is 12.9. The van der Waals surface area contributed by atoms with Crippen LogP contribution in [0.5, 0.6) is 5.75 Å². The SMILES string of the molecule is COc1ccc(C)c2sc(N3CCN(CCNC(=O)c4ccccc4NS(=O)(=O)c4ccccc4)CC3)nc12.Cl. The number of ether oxygens (including phenoxy) is 1. The van der Waals surface area contributed by atoms with Crippen LogP contribution >= 0.6 is 23.7 Å². The van der Waals surface area contributed by atoms with Gasteiger partial charge in [0.25, 0.3) is 15.9 Å². The van der Waals surface area contributed by atoms with Crippen molar-refractivity contribution in [2.75, 3.05) is 56.0 Å². The number of anilines is 2. The number of nitrogens with zero attached hydrogens (tertiary/aromatic N) is 3. The van der Waals surface area contributed by atoms with Gasteiger partial charge in [0.05, 0.1) is 28.0 Å². The van der Waals surface area contributed by atoms with E-state index in [0.717, 1.165) is 47.3 Å². The van der Waals surface area contributed by atoms with Gasteiger partial charge in [0.2, 0.25) is 0 Å². The average molecular weight is 602 g/mol. The van der Waals surface area contributed by atoms with Crippen LogP contribution in [0.15, 0.2) is 71.6 Å². The first-order chi connectivity index (χ1) is 18.9. The highest BCUT2D eigenvalue weighted by Crippen LogP contribution is 2.36. The molecule has 0 unspecified atom stereocenters. The second-order valence-corrected chi connectivity index (χ2v) is 12.0. The van der Waals surface area contributed by atoms with E-state index < -0.39 is 10.0 Å². The van der Waals surface area contributed by atoms with Gasteiger partial charge in [-0.05, 0) is 42.8 Å². The summed E-state index contributed by atoms with van der Waals surface area (Å²) in [5.74, 6) is 0.473. The van der Waals surface area contributed by atoms with E-state index in [0.29, 0.717) is 13.1 Å². The van der Waals surface area contributed by atoms with Crippen LogP contribution < -0.4 is 19.7 Å². The summed E-state index contributed by atoms with van der Waals surface area (Å²) in [4.78, 5) is 22.5. The Morgan fingerprint density at radius 3 is 2.42 bits per heavy atom. The molecule has 4 aromatic rings. The monoisotopic (exact) mass is 601 g/mol. The van der Waals surface area contributed by atoms with Gasteiger partial charge in [-0.15, -0.1) is 12.4 Å². The number of hydrogen-bond acceptors (Lipinski definition) is 8. The van der Waals surface area contributed by atoms with Crippen LogP contribution in [0.1, 0.15) is 15.9 Å². The van der Waals surface area contributed by atoms with E-state index in [1.807, 2.05) is 6.07 Å². The molecule has 9 nitrogen and oxygen atoms in total. The molecule has 0 atom stereocenters. The third-order valence-electron chi connectivity index (χ3n) is 6.74. The average Bonchev–Trinajstić information content (AvgIpc) is 3.41. The highest BCUT2D eigenvalue weighted by molar-refractivity contribution is 7.92. The second-order valence-electron chi connectivity index (χ2n) is 9.31. The Labute approximate surface area is 244 Å². The lowest BCUT2D eigenvalue weighted by atomic mass is 10.1. The summed E-state index contributed by atoms with van der Waals surface area (Å²) in [6, 6.07) is 18.7. The van der Waals surface area contributed by atoms with E-state index in [2.05, 4.69) is 32.8 Å². The summed E-state index contributed by atoms with van der Waals surface area (Å²) in [5, 5.41) is 3.94. The molecular weight excluding hydrogens is 570 g/mol. The number of piperazine rings is 1. The van der Waals surface area contributed by atoms with Crippen molar-refractivity contribution in [3.8, 4) is 5.75 Å². The number of thiazole rings is 1. The van der Waals surface area contributed by atoms with Gasteiger partial charge in [-0.1, -0.05) is 47.7 Å². The lowest BCUT2D eigenvalue weighted by molar-refractivity contribution is 0.0948. The highest BCUT2D eigenvalue weighted by atomic mass is 35.5. The predicted octanol–water partition coefficient (Wildman–Crippen LogP) is 4.39. The van der Waals surface area contributed by atoms with Crippen molar-refractivity contribution in [3.05, 3.63) is 77.9 Å². The number of aromatic nitrogens is 1. The van der Waals surface area contributed by atoms with Crippen LogP contribution in [0, 0.1) is 6.92 Å². The first-order valence-corrected chi connectivity index (χ1v) is 15.0. The number of carbonyl (C=O) groups excluding carboxylic acids is 1. The van der Waals surface area contributed by atoms with Crippen LogP contribution in [0.2, 0.25) is 0 Å². The van der Waals surface area contributed by atoms with Gasteiger partial charge < -0.3 is 15.0 Å². The zero-order chi connectivity index (χ0) is 27.4. The molecule has 0 bridgehead atoms. The minimum Gasteiger partial charge on any atom is -0.494 e. The number of aryl methyl sites for hydroxylation is 1. The van der Waals surface area contributed by atoms with Crippen LogP contribution in [0.3, 0.4) is 0 Å². The van der Waals surface area contributed by atoms with Crippen molar-refractivity contribution in [1.82, 2.24) is 15.2 Å². The van der Waals surface area contributed by atoms with Crippen molar-refractivity contribution in [2.24, 2.45) is 0 Å². The van der Waals surface area contributed by atoms with Crippen molar-refractivity contribution < 1.29 is 17.9 Å². The standard InChI is InChI=1S/C28H31N5O4S2.ClH/c1-20-12-13-24(37-2)25-26(20)38-28(30-25)33-18-16-32(17-19-33)15-14-29-27(34)22-10-6-7-11-23(22)31-39(35,36)21-8-4-3-5-9-21;/h3-13,31H,14-19H2,1-2H3,(H,29,34);1H.